The van der Waals surface area contributed by atoms with Crippen LogP contribution in [0.25, 0.3) is 5.69 Å². The zero-order valence-corrected chi connectivity index (χ0v) is 9.87. The fourth-order valence-electron chi connectivity index (χ4n) is 1.49. The number of anilines is 1. The average Bonchev–Trinajstić information content (AvgIpc) is 2.29. The van der Waals surface area contributed by atoms with Gasteiger partial charge in [-0.1, -0.05) is 31.3 Å². The third-order valence-electron chi connectivity index (χ3n) is 2.41. The maximum Gasteiger partial charge on any atom is 0.130 e. The van der Waals surface area contributed by atoms with Crippen molar-refractivity contribution >= 4 is 17.9 Å². The molecule has 0 atom stereocenters. The quantitative estimate of drug-likeness (QED) is 0.808. The van der Waals surface area contributed by atoms with Crippen molar-refractivity contribution in [1.29, 1.82) is 0 Å². The summed E-state index contributed by atoms with van der Waals surface area (Å²) in [7, 11) is 0. The van der Waals surface area contributed by atoms with Gasteiger partial charge in [0, 0.05) is 0 Å². The van der Waals surface area contributed by atoms with Gasteiger partial charge in [-0.15, -0.1) is 0 Å². The third-order valence-corrected chi connectivity index (χ3v) is 2.70. The van der Waals surface area contributed by atoms with Gasteiger partial charge in [-0.3, -0.25) is 0 Å². The highest BCUT2D eigenvalue weighted by atomic mass is 32.1. The summed E-state index contributed by atoms with van der Waals surface area (Å²) >= 11 is 5.20. The molecule has 4 heteroatoms. The second kappa shape index (κ2) is 4.45. The van der Waals surface area contributed by atoms with Crippen LogP contribution in [-0.4, -0.2) is 9.78 Å². The Morgan fingerprint density at radius 3 is 2.56 bits per heavy atom. The van der Waals surface area contributed by atoms with Crippen LogP contribution >= 0.6 is 12.2 Å². The molecule has 82 valence electrons. The van der Waals surface area contributed by atoms with Crippen molar-refractivity contribution in [2.45, 2.75) is 13.3 Å². The first-order valence-corrected chi connectivity index (χ1v) is 5.55. The molecule has 1 heterocycles. The van der Waals surface area contributed by atoms with Crippen LogP contribution in [-0.2, 0) is 6.42 Å². The Labute approximate surface area is 99.5 Å². The molecule has 0 bridgehead atoms. The lowest BCUT2D eigenvalue weighted by molar-refractivity contribution is 0.830. The molecule has 1 aromatic heterocycles. The van der Waals surface area contributed by atoms with Gasteiger partial charge in [0.1, 0.15) is 4.64 Å². The zero-order chi connectivity index (χ0) is 11.5. The molecule has 2 N–H and O–H groups in total. The first-order valence-electron chi connectivity index (χ1n) is 5.15. The van der Waals surface area contributed by atoms with Crippen LogP contribution in [0.15, 0.2) is 36.5 Å². The molecular weight excluding hydrogens is 218 g/mol. The zero-order valence-electron chi connectivity index (χ0n) is 9.05. The van der Waals surface area contributed by atoms with Crippen molar-refractivity contribution in [3.8, 4) is 5.69 Å². The van der Waals surface area contributed by atoms with Gasteiger partial charge in [0.15, 0.2) is 0 Å². The van der Waals surface area contributed by atoms with Gasteiger partial charge >= 0.3 is 0 Å². The molecule has 2 rings (SSSR count). The molecule has 16 heavy (non-hydrogen) atoms. The second-order valence-corrected chi connectivity index (χ2v) is 3.98. The first-order chi connectivity index (χ1) is 7.70. The predicted octanol–water partition coefficient (Wildman–Crippen LogP) is 2.75. The Kier molecular flexibility index (Phi) is 3.01. The Morgan fingerprint density at radius 2 is 2.00 bits per heavy atom. The summed E-state index contributed by atoms with van der Waals surface area (Å²) in [6.07, 6.45) is 2.63. The van der Waals surface area contributed by atoms with Gasteiger partial charge in [0.2, 0.25) is 0 Å². The number of benzene rings is 1. The van der Waals surface area contributed by atoms with Crippen LogP contribution in [0.1, 0.15) is 12.5 Å². The number of rotatable bonds is 2. The summed E-state index contributed by atoms with van der Waals surface area (Å²) in [5.74, 6) is 0. The van der Waals surface area contributed by atoms with Crippen LogP contribution < -0.4 is 5.73 Å². The standard InChI is InChI=1S/C12H13N3S/c1-2-9-3-5-11(6-4-9)15-12(16)7-10(13)8-14-15/h3-8H,2,13H2,1H3. The van der Waals surface area contributed by atoms with E-state index >= 15 is 0 Å². The molecule has 0 spiro atoms. The summed E-state index contributed by atoms with van der Waals surface area (Å²) in [6.45, 7) is 2.13. The average molecular weight is 231 g/mol. The van der Waals surface area contributed by atoms with Crippen molar-refractivity contribution < 1.29 is 0 Å². The molecule has 0 amide bonds. The van der Waals surface area contributed by atoms with Gasteiger partial charge in [0.05, 0.1) is 17.6 Å². The fourth-order valence-corrected chi connectivity index (χ4v) is 1.78. The Hall–Kier alpha value is -1.68. The summed E-state index contributed by atoms with van der Waals surface area (Å²) in [6, 6.07) is 9.91. The lowest BCUT2D eigenvalue weighted by Gasteiger charge is -2.06. The molecule has 0 aliphatic carbocycles. The van der Waals surface area contributed by atoms with Crippen molar-refractivity contribution in [1.82, 2.24) is 9.78 Å². The lowest BCUT2D eigenvalue weighted by atomic mass is 10.1. The molecule has 0 fully saturated rings. The largest absolute Gasteiger partial charge is 0.397 e. The highest BCUT2D eigenvalue weighted by Crippen LogP contribution is 2.11. The molecule has 3 nitrogen and oxygen atoms in total. The minimum absolute atomic E-state index is 0.589. The number of nitrogens with zero attached hydrogens (tertiary/aromatic N) is 2. The maximum atomic E-state index is 5.61. The van der Waals surface area contributed by atoms with Gasteiger partial charge < -0.3 is 5.73 Å². The van der Waals surface area contributed by atoms with Crippen LogP contribution in [0.4, 0.5) is 5.69 Å². The first kappa shape index (κ1) is 10.8. The van der Waals surface area contributed by atoms with Crippen LogP contribution in [0.5, 0.6) is 0 Å². The molecule has 0 aliphatic heterocycles. The van der Waals surface area contributed by atoms with E-state index in [1.54, 1.807) is 16.9 Å². The smallest absolute Gasteiger partial charge is 0.130 e. The summed E-state index contributed by atoms with van der Waals surface area (Å²) in [4.78, 5) is 0. The molecular formula is C12H13N3S. The normalized spacial score (nSPS) is 10.3. The minimum Gasteiger partial charge on any atom is -0.397 e. The number of nitrogen functional groups attached to an aromatic ring is 1. The molecule has 1 aromatic carbocycles. The van der Waals surface area contributed by atoms with Crippen LogP contribution in [0.3, 0.4) is 0 Å². The highest BCUT2D eigenvalue weighted by Gasteiger charge is 1.98. The lowest BCUT2D eigenvalue weighted by Crippen LogP contribution is -2.03. The Bertz CT molecular complexity index is 543. The molecule has 0 unspecified atom stereocenters. The predicted molar refractivity (Wildman–Crippen MR) is 68.2 cm³/mol. The van der Waals surface area contributed by atoms with E-state index in [2.05, 4.69) is 24.2 Å². The number of aromatic nitrogens is 2. The molecule has 0 radical (unpaired) electrons. The van der Waals surface area contributed by atoms with E-state index in [1.165, 1.54) is 5.56 Å². The topological polar surface area (TPSA) is 43.8 Å². The van der Waals surface area contributed by atoms with Crippen molar-refractivity contribution in [2.75, 3.05) is 5.73 Å². The van der Waals surface area contributed by atoms with E-state index in [4.69, 9.17) is 18.0 Å². The van der Waals surface area contributed by atoms with Gasteiger partial charge in [-0.05, 0) is 30.2 Å². The van der Waals surface area contributed by atoms with E-state index in [1.807, 2.05) is 12.1 Å². The summed E-state index contributed by atoms with van der Waals surface area (Å²) < 4.78 is 2.31. The number of nitrogens with two attached hydrogens (primary N) is 1. The summed E-state index contributed by atoms with van der Waals surface area (Å²) in [5, 5.41) is 4.19. The van der Waals surface area contributed by atoms with Crippen LogP contribution in [0, 0.1) is 4.64 Å². The highest BCUT2D eigenvalue weighted by molar-refractivity contribution is 7.71. The Balaban J connectivity index is 2.46. The number of aryl methyl sites for hydroxylation is 1. The third kappa shape index (κ3) is 2.12. The molecule has 2 aromatic rings. The molecule has 0 saturated carbocycles. The number of hydrogen-bond donors (Lipinski definition) is 1. The molecule has 0 aliphatic rings. The van der Waals surface area contributed by atoms with E-state index in [0.29, 0.717) is 10.3 Å². The van der Waals surface area contributed by atoms with Crippen molar-refractivity contribution in [3.63, 3.8) is 0 Å². The second-order valence-electron chi connectivity index (χ2n) is 3.56. The number of hydrogen-bond acceptors (Lipinski definition) is 3. The van der Waals surface area contributed by atoms with Crippen molar-refractivity contribution in [3.05, 3.63) is 46.7 Å². The van der Waals surface area contributed by atoms with Gasteiger partial charge in [0.25, 0.3) is 0 Å². The van der Waals surface area contributed by atoms with Crippen molar-refractivity contribution in [2.24, 2.45) is 0 Å². The van der Waals surface area contributed by atoms with E-state index in [-0.39, 0.29) is 0 Å². The maximum absolute atomic E-state index is 5.61. The SMILES string of the molecule is CCc1ccc(-n2ncc(N)cc2=S)cc1. The monoisotopic (exact) mass is 231 g/mol. The van der Waals surface area contributed by atoms with Gasteiger partial charge in [-0.2, -0.15) is 5.10 Å². The Morgan fingerprint density at radius 1 is 1.31 bits per heavy atom. The minimum atomic E-state index is 0.589. The van der Waals surface area contributed by atoms with Crippen LogP contribution in [0.2, 0.25) is 0 Å². The molecule has 0 saturated heterocycles. The van der Waals surface area contributed by atoms with E-state index in [0.717, 1.165) is 12.1 Å². The van der Waals surface area contributed by atoms with Gasteiger partial charge in [-0.25, -0.2) is 4.68 Å². The summed E-state index contributed by atoms with van der Waals surface area (Å²) in [5.41, 5.74) is 8.46. The van der Waals surface area contributed by atoms with E-state index in [9.17, 15) is 0 Å². The van der Waals surface area contributed by atoms with E-state index < -0.39 is 0 Å². The fraction of sp³-hybridized carbons (Fsp3) is 0.167.